The molecule has 4 aliphatic carbocycles. The van der Waals surface area contributed by atoms with Gasteiger partial charge in [0.15, 0.2) is 0 Å². The summed E-state index contributed by atoms with van der Waals surface area (Å²) in [7, 11) is 0. The molecule has 0 atom stereocenters. The molecule has 4 bridgehead atoms. The number of hydrogen-bond donors (Lipinski definition) is 0. The van der Waals surface area contributed by atoms with Crippen LogP contribution in [0.2, 0.25) is 0 Å². The van der Waals surface area contributed by atoms with Crippen LogP contribution >= 0.6 is 0 Å². The lowest BCUT2D eigenvalue weighted by Crippen LogP contribution is -2.48. The summed E-state index contributed by atoms with van der Waals surface area (Å²) in [5.74, 6) is 2.98. The van der Waals surface area contributed by atoms with Crippen LogP contribution in [0.25, 0.3) is 0 Å². The largest absolute Gasteiger partial charge is 0.378 e. The Balaban J connectivity index is 1.17. The van der Waals surface area contributed by atoms with Crippen LogP contribution in [-0.4, -0.2) is 32.5 Å². The van der Waals surface area contributed by atoms with Crippen LogP contribution in [0, 0.1) is 24.7 Å². The normalized spacial score (nSPS) is 32.2. The van der Waals surface area contributed by atoms with Gasteiger partial charge in [-0.05, 0) is 110 Å². The molecule has 1 aliphatic heterocycles. The Morgan fingerprint density at radius 3 is 2.16 bits per heavy atom. The monoisotopic (exact) mass is 414 g/mol. The summed E-state index contributed by atoms with van der Waals surface area (Å²) >= 11 is 0. The standard InChI is InChI=1S/C28H34N2O/c1-20-12-27(30-8-10-31-11-9-30)7-2-24(20)19-29-26-5-3-25(4-6-26)28-16-21-13-22(17-28)15-23(14-21)18-28/h2-7,12,19,21-23H,8-11,13-18H2,1H3. The maximum absolute atomic E-state index is 5.48. The molecule has 2 aromatic rings. The minimum atomic E-state index is 0.475. The van der Waals surface area contributed by atoms with E-state index in [2.05, 4.69) is 54.3 Å². The molecule has 3 nitrogen and oxygen atoms in total. The Morgan fingerprint density at radius 2 is 1.55 bits per heavy atom. The third-order valence-electron chi connectivity index (χ3n) is 8.50. The lowest BCUT2D eigenvalue weighted by atomic mass is 9.48. The second kappa shape index (κ2) is 7.78. The molecule has 1 heterocycles. The van der Waals surface area contributed by atoms with Crippen molar-refractivity contribution in [2.75, 3.05) is 31.2 Å². The zero-order valence-corrected chi connectivity index (χ0v) is 18.7. The fraction of sp³-hybridized carbons (Fsp3) is 0.536. The molecule has 0 N–H and O–H groups in total. The average Bonchev–Trinajstić information content (AvgIpc) is 2.78. The number of benzene rings is 2. The molecule has 0 radical (unpaired) electrons. The van der Waals surface area contributed by atoms with Gasteiger partial charge in [0.05, 0.1) is 18.9 Å². The predicted molar refractivity (Wildman–Crippen MR) is 128 cm³/mol. The highest BCUT2D eigenvalue weighted by atomic mass is 16.5. The van der Waals surface area contributed by atoms with E-state index in [4.69, 9.17) is 9.73 Å². The quantitative estimate of drug-likeness (QED) is 0.569. The van der Waals surface area contributed by atoms with Crippen LogP contribution in [0.1, 0.15) is 55.2 Å². The summed E-state index contributed by atoms with van der Waals surface area (Å²) in [5, 5.41) is 0. The summed E-state index contributed by atoms with van der Waals surface area (Å²) in [6.45, 7) is 5.77. The number of ether oxygens (including phenoxy) is 1. The Labute approximate surface area is 186 Å². The summed E-state index contributed by atoms with van der Waals surface area (Å²) in [4.78, 5) is 7.21. The topological polar surface area (TPSA) is 24.8 Å². The van der Waals surface area contributed by atoms with E-state index in [9.17, 15) is 0 Å². The lowest BCUT2D eigenvalue weighted by Gasteiger charge is -2.57. The van der Waals surface area contributed by atoms with Crippen molar-refractivity contribution >= 4 is 17.6 Å². The van der Waals surface area contributed by atoms with Crippen molar-refractivity contribution in [1.82, 2.24) is 0 Å². The highest BCUT2D eigenvalue weighted by Crippen LogP contribution is 2.60. The second-order valence-electron chi connectivity index (χ2n) is 10.6. The van der Waals surface area contributed by atoms with Gasteiger partial charge in [-0.25, -0.2) is 0 Å². The molecule has 5 fully saturated rings. The van der Waals surface area contributed by atoms with E-state index in [1.54, 1.807) is 5.56 Å². The van der Waals surface area contributed by atoms with Crippen LogP contribution < -0.4 is 4.90 Å². The fourth-order valence-corrected chi connectivity index (χ4v) is 7.33. The van der Waals surface area contributed by atoms with E-state index >= 15 is 0 Å². The SMILES string of the molecule is Cc1cc(N2CCOCC2)ccc1C=Nc1ccc(C23CC4CC(CC(C4)C2)C3)cc1. The Kier molecular flexibility index (Phi) is 4.90. The minimum Gasteiger partial charge on any atom is -0.378 e. The third kappa shape index (κ3) is 3.71. The van der Waals surface area contributed by atoms with Gasteiger partial charge in [0.25, 0.3) is 0 Å². The van der Waals surface area contributed by atoms with Gasteiger partial charge < -0.3 is 9.64 Å². The summed E-state index contributed by atoms with van der Waals surface area (Å²) in [5.41, 5.74) is 6.88. The van der Waals surface area contributed by atoms with E-state index in [-0.39, 0.29) is 0 Å². The van der Waals surface area contributed by atoms with Gasteiger partial charge in [-0.2, -0.15) is 0 Å². The lowest BCUT2D eigenvalue weighted by molar-refractivity contribution is -0.00518. The van der Waals surface area contributed by atoms with Gasteiger partial charge in [0.1, 0.15) is 0 Å². The van der Waals surface area contributed by atoms with Crippen LogP contribution in [-0.2, 0) is 10.2 Å². The van der Waals surface area contributed by atoms with E-state index < -0.39 is 0 Å². The van der Waals surface area contributed by atoms with E-state index in [0.29, 0.717) is 5.41 Å². The van der Waals surface area contributed by atoms with Crippen LogP contribution in [0.3, 0.4) is 0 Å². The summed E-state index contributed by atoms with van der Waals surface area (Å²) in [6.07, 6.45) is 10.8. The zero-order valence-electron chi connectivity index (χ0n) is 18.7. The van der Waals surface area contributed by atoms with Gasteiger partial charge in [0.2, 0.25) is 0 Å². The van der Waals surface area contributed by atoms with Gasteiger partial charge in [0, 0.05) is 25.0 Å². The van der Waals surface area contributed by atoms with E-state index in [1.807, 2.05) is 6.21 Å². The number of morpholine rings is 1. The van der Waals surface area contributed by atoms with Crippen molar-refractivity contribution in [3.05, 3.63) is 59.2 Å². The maximum atomic E-state index is 5.48. The summed E-state index contributed by atoms with van der Waals surface area (Å²) < 4.78 is 5.48. The molecule has 4 saturated carbocycles. The highest BCUT2D eigenvalue weighted by molar-refractivity contribution is 5.84. The van der Waals surface area contributed by atoms with Crippen molar-refractivity contribution in [3.8, 4) is 0 Å². The van der Waals surface area contributed by atoms with Gasteiger partial charge >= 0.3 is 0 Å². The van der Waals surface area contributed by atoms with Crippen LogP contribution in [0.15, 0.2) is 47.5 Å². The van der Waals surface area contributed by atoms with Crippen molar-refractivity contribution in [3.63, 3.8) is 0 Å². The molecule has 5 aliphatic rings. The van der Waals surface area contributed by atoms with Crippen LogP contribution in [0.4, 0.5) is 11.4 Å². The van der Waals surface area contributed by atoms with Crippen molar-refractivity contribution in [1.29, 1.82) is 0 Å². The molecule has 0 aromatic heterocycles. The Bertz CT molecular complexity index is 936. The number of anilines is 1. The molecule has 0 spiro atoms. The number of hydrogen-bond acceptors (Lipinski definition) is 3. The Hall–Kier alpha value is -2.13. The summed E-state index contributed by atoms with van der Waals surface area (Å²) in [6, 6.07) is 15.9. The molecular formula is C28H34N2O. The smallest absolute Gasteiger partial charge is 0.0642 e. The first-order valence-corrected chi connectivity index (χ1v) is 12.2. The zero-order chi connectivity index (χ0) is 20.8. The molecule has 31 heavy (non-hydrogen) atoms. The van der Waals surface area contributed by atoms with Gasteiger partial charge in [-0.3, -0.25) is 4.99 Å². The molecule has 0 amide bonds. The first kappa shape index (κ1) is 19.5. The average molecular weight is 415 g/mol. The Morgan fingerprint density at radius 1 is 0.903 bits per heavy atom. The maximum Gasteiger partial charge on any atom is 0.0642 e. The number of rotatable bonds is 4. The second-order valence-corrected chi connectivity index (χ2v) is 10.6. The number of aryl methyl sites for hydroxylation is 1. The number of nitrogens with zero attached hydrogens (tertiary/aromatic N) is 2. The molecular weight excluding hydrogens is 380 g/mol. The third-order valence-corrected chi connectivity index (χ3v) is 8.50. The number of aliphatic imine (C=N–C) groups is 1. The van der Waals surface area contributed by atoms with E-state index in [0.717, 1.165) is 49.7 Å². The van der Waals surface area contributed by atoms with Crippen molar-refractivity contribution < 1.29 is 4.74 Å². The first-order chi connectivity index (χ1) is 15.2. The molecule has 1 saturated heterocycles. The highest BCUT2D eigenvalue weighted by Gasteiger charge is 2.51. The molecule has 7 rings (SSSR count). The van der Waals surface area contributed by atoms with Gasteiger partial charge in [-0.1, -0.05) is 18.2 Å². The van der Waals surface area contributed by atoms with Crippen LogP contribution in [0.5, 0.6) is 0 Å². The minimum absolute atomic E-state index is 0.475. The predicted octanol–water partition coefficient (Wildman–Crippen LogP) is 6.05. The van der Waals surface area contributed by atoms with Gasteiger partial charge in [-0.15, -0.1) is 0 Å². The fourth-order valence-electron chi connectivity index (χ4n) is 7.33. The molecule has 162 valence electrons. The molecule has 2 aromatic carbocycles. The van der Waals surface area contributed by atoms with E-state index in [1.165, 1.54) is 55.3 Å². The molecule has 0 unspecified atom stereocenters. The first-order valence-electron chi connectivity index (χ1n) is 12.2. The molecule has 3 heteroatoms. The van der Waals surface area contributed by atoms with Crippen molar-refractivity contribution in [2.45, 2.75) is 50.9 Å². The van der Waals surface area contributed by atoms with Crippen molar-refractivity contribution in [2.24, 2.45) is 22.7 Å².